The molecule has 20 heavy (non-hydrogen) atoms. The molecule has 0 heterocycles. The number of alkyl halides is 3. The predicted molar refractivity (Wildman–Crippen MR) is 66.0 cm³/mol. The van der Waals surface area contributed by atoms with Crippen molar-refractivity contribution in [3.05, 3.63) is 28.8 Å². The SMILES string of the molecule is O=C(CNCC(F)(F)F)Nc1ccc(C(=O)O)c(Cl)c1. The van der Waals surface area contributed by atoms with Gasteiger partial charge in [0.1, 0.15) is 0 Å². The fourth-order valence-electron chi connectivity index (χ4n) is 1.29. The molecule has 0 bridgehead atoms. The van der Waals surface area contributed by atoms with Crippen LogP contribution in [0.15, 0.2) is 18.2 Å². The Kier molecular flexibility index (Phi) is 5.34. The van der Waals surface area contributed by atoms with Crippen LogP contribution in [-0.4, -0.2) is 36.2 Å². The topological polar surface area (TPSA) is 78.4 Å². The van der Waals surface area contributed by atoms with E-state index in [1.54, 1.807) is 0 Å². The van der Waals surface area contributed by atoms with Crippen LogP contribution >= 0.6 is 11.6 Å². The summed E-state index contributed by atoms with van der Waals surface area (Å²) in [6.07, 6.45) is -4.40. The third-order valence-corrected chi connectivity index (χ3v) is 2.41. The number of carbonyl (C=O) groups is 2. The molecule has 0 aromatic heterocycles. The number of hydrogen-bond donors (Lipinski definition) is 3. The maximum absolute atomic E-state index is 11.8. The Balaban J connectivity index is 2.54. The summed E-state index contributed by atoms with van der Waals surface area (Å²) >= 11 is 5.68. The number of carboxylic acids is 1. The van der Waals surface area contributed by atoms with Gasteiger partial charge in [-0.05, 0) is 18.2 Å². The molecule has 0 radical (unpaired) electrons. The first kappa shape index (κ1) is 16.3. The minimum atomic E-state index is -4.40. The van der Waals surface area contributed by atoms with Gasteiger partial charge in [-0.3, -0.25) is 4.79 Å². The van der Waals surface area contributed by atoms with Gasteiger partial charge >= 0.3 is 12.1 Å². The van der Waals surface area contributed by atoms with Gasteiger partial charge in [0.25, 0.3) is 0 Å². The van der Waals surface area contributed by atoms with Gasteiger partial charge in [-0.2, -0.15) is 13.2 Å². The van der Waals surface area contributed by atoms with E-state index in [1.807, 2.05) is 5.32 Å². The van der Waals surface area contributed by atoms with Crippen molar-refractivity contribution in [2.24, 2.45) is 0 Å². The Morgan fingerprint density at radius 2 is 1.95 bits per heavy atom. The quantitative estimate of drug-likeness (QED) is 0.778. The summed E-state index contributed by atoms with van der Waals surface area (Å²) < 4.78 is 35.5. The molecule has 110 valence electrons. The van der Waals surface area contributed by atoms with Gasteiger partial charge in [-0.25, -0.2) is 4.79 Å². The molecule has 1 aromatic carbocycles. The second kappa shape index (κ2) is 6.58. The van der Waals surface area contributed by atoms with Crippen molar-refractivity contribution in [2.45, 2.75) is 6.18 Å². The van der Waals surface area contributed by atoms with Crippen LogP contribution in [0, 0.1) is 0 Å². The lowest BCUT2D eigenvalue weighted by Gasteiger charge is -2.09. The van der Waals surface area contributed by atoms with Crippen LogP contribution in [0.1, 0.15) is 10.4 Å². The fraction of sp³-hybridized carbons (Fsp3) is 0.273. The number of benzene rings is 1. The molecule has 0 aliphatic heterocycles. The average Bonchev–Trinajstić information content (AvgIpc) is 2.26. The number of aromatic carboxylic acids is 1. The van der Waals surface area contributed by atoms with Gasteiger partial charge in [-0.15, -0.1) is 0 Å². The van der Waals surface area contributed by atoms with E-state index < -0.39 is 31.1 Å². The van der Waals surface area contributed by atoms with Crippen LogP contribution in [0.2, 0.25) is 5.02 Å². The van der Waals surface area contributed by atoms with E-state index >= 15 is 0 Å². The van der Waals surface area contributed by atoms with Crippen molar-refractivity contribution in [3.8, 4) is 0 Å². The maximum Gasteiger partial charge on any atom is 0.401 e. The Morgan fingerprint density at radius 1 is 1.30 bits per heavy atom. The molecular formula is C11H10ClF3N2O3. The first-order valence-corrected chi connectivity index (χ1v) is 5.67. The lowest BCUT2D eigenvalue weighted by molar-refractivity contribution is -0.126. The summed E-state index contributed by atoms with van der Waals surface area (Å²) in [5.74, 6) is -1.92. The molecule has 0 fully saturated rings. The van der Waals surface area contributed by atoms with Crippen LogP contribution in [0.3, 0.4) is 0 Å². The Bertz CT molecular complexity index is 520. The van der Waals surface area contributed by atoms with Crippen LogP contribution in [-0.2, 0) is 4.79 Å². The third-order valence-electron chi connectivity index (χ3n) is 2.09. The largest absolute Gasteiger partial charge is 0.478 e. The van der Waals surface area contributed by atoms with E-state index in [0.717, 1.165) is 0 Å². The average molecular weight is 311 g/mol. The van der Waals surface area contributed by atoms with Crippen molar-refractivity contribution in [2.75, 3.05) is 18.4 Å². The van der Waals surface area contributed by atoms with Crippen LogP contribution < -0.4 is 10.6 Å². The summed E-state index contributed by atoms with van der Waals surface area (Å²) in [5.41, 5.74) is 0.0543. The monoisotopic (exact) mass is 310 g/mol. The highest BCUT2D eigenvalue weighted by Gasteiger charge is 2.26. The van der Waals surface area contributed by atoms with E-state index in [-0.39, 0.29) is 16.3 Å². The third kappa shape index (κ3) is 5.45. The molecule has 0 aliphatic rings. The lowest BCUT2D eigenvalue weighted by atomic mass is 10.2. The van der Waals surface area contributed by atoms with Crippen LogP contribution in [0.5, 0.6) is 0 Å². The molecule has 0 spiro atoms. The highest BCUT2D eigenvalue weighted by atomic mass is 35.5. The molecule has 1 amide bonds. The summed E-state index contributed by atoms with van der Waals surface area (Å²) in [4.78, 5) is 22.0. The molecule has 0 saturated carbocycles. The lowest BCUT2D eigenvalue weighted by Crippen LogP contribution is -2.35. The zero-order valence-electron chi connectivity index (χ0n) is 9.92. The van der Waals surface area contributed by atoms with Crippen molar-refractivity contribution in [3.63, 3.8) is 0 Å². The molecule has 1 aromatic rings. The molecule has 3 N–H and O–H groups in total. The Hall–Kier alpha value is -1.80. The first-order valence-electron chi connectivity index (χ1n) is 5.29. The normalized spacial score (nSPS) is 11.2. The number of rotatable bonds is 5. The van der Waals surface area contributed by atoms with E-state index in [0.29, 0.717) is 0 Å². The zero-order valence-corrected chi connectivity index (χ0v) is 10.7. The second-order valence-electron chi connectivity index (χ2n) is 3.77. The number of nitrogens with one attached hydrogen (secondary N) is 2. The predicted octanol–water partition coefficient (Wildman–Crippen LogP) is 2.13. The van der Waals surface area contributed by atoms with Gasteiger partial charge in [0.05, 0.1) is 23.7 Å². The highest BCUT2D eigenvalue weighted by molar-refractivity contribution is 6.33. The van der Waals surface area contributed by atoms with Crippen molar-refractivity contribution < 1.29 is 27.9 Å². The number of hydrogen-bond acceptors (Lipinski definition) is 3. The van der Waals surface area contributed by atoms with E-state index in [9.17, 15) is 22.8 Å². The first-order chi connectivity index (χ1) is 9.19. The molecule has 5 nitrogen and oxygen atoms in total. The summed E-state index contributed by atoms with van der Waals surface area (Å²) in [6, 6.07) is 3.67. The van der Waals surface area contributed by atoms with Gasteiger partial charge in [0, 0.05) is 5.69 Å². The minimum Gasteiger partial charge on any atom is -0.478 e. The van der Waals surface area contributed by atoms with Crippen LogP contribution in [0.4, 0.5) is 18.9 Å². The van der Waals surface area contributed by atoms with Gasteiger partial charge in [0.2, 0.25) is 5.91 Å². The maximum atomic E-state index is 11.8. The number of carbonyl (C=O) groups excluding carboxylic acids is 1. The molecular weight excluding hydrogens is 301 g/mol. The zero-order chi connectivity index (χ0) is 15.3. The number of carboxylic acid groups (broad SMARTS) is 1. The molecule has 0 aliphatic carbocycles. The van der Waals surface area contributed by atoms with E-state index in [1.165, 1.54) is 18.2 Å². The number of amides is 1. The second-order valence-corrected chi connectivity index (χ2v) is 4.17. The fourth-order valence-corrected chi connectivity index (χ4v) is 1.55. The molecule has 0 atom stereocenters. The van der Waals surface area contributed by atoms with Crippen molar-refractivity contribution in [1.82, 2.24) is 5.32 Å². The molecule has 9 heteroatoms. The Morgan fingerprint density at radius 3 is 2.45 bits per heavy atom. The van der Waals surface area contributed by atoms with Gasteiger partial charge < -0.3 is 15.7 Å². The molecule has 0 saturated heterocycles. The number of anilines is 1. The summed E-state index contributed by atoms with van der Waals surface area (Å²) in [5, 5.41) is 12.9. The van der Waals surface area contributed by atoms with E-state index in [2.05, 4.69) is 5.32 Å². The minimum absolute atomic E-state index is 0.0847. The summed E-state index contributed by atoms with van der Waals surface area (Å²) in [7, 11) is 0. The van der Waals surface area contributed by atoms with Gasteiger partial charge in [0.15, 0.2) is 0 Å². The summed E-state index contributed by atoms with van der Waals surface area (Å²) in [6.45, 7) is -1.81. The van der Waals surface area contributed by atoms with Crippen molar-refractivity contribution >= 4 is 29.2 Å². The van der Waals surface area contributed by atoms with Crippen molar-refractivity contribution in [1.29, 1.82) is 0 Å². The van der Waals surface area contributed by atoms with E-state index in [4.69, 9.17) is 16.7 Å². The standard InChI is InChI=1S/C11H10ClF3N2O3/c12-8-3-6(1-2-7(8)10(19)20)17-9(18)4-16-5-11(13,14)15/h1-3,16H,4-5H2,(H,17,18)(H,19,20). The Labute approximate surface area is 116 Å². The number of halogens is 4. The smallest absolute Gasteiger partial charge is 0.401 e. The van der Waals surface area contributed by atoms with Gasteiger partial charge in [-0.1, -0.05) is 11.6 Å². The molecule has 1 rings (SSSR count). The van der Waals surface area contributed by atoms with Crippen LogP contribution in [0.25, 0.3) is 0 Å². The highest BCUT2D eigenvalue weighted by Crippen LogP contribution is 2.20. The molecule has 0 unspecified atom stereocenters.